The Kier molecular flexibility index (Phi) is 5.05. The van der Waals surface area contributed by atoms with E-state index >= 15 is 0 Å². The van der Waals surface area contributed by atoms with Gasteiger partial charge in [0.25, 0.3) is 5.91 Å². The minimum atomic E-state index is -4.77. The molecule has 2 atom stereocenters. The van der Waals surface area contributed by atoms with Crippen LogP contribution in [0.5, 0.6) is 0 Å². The molecule has 1 fully saturated rings. The molecule has 0 aromatic heterocycles. The predicted molar refractivity (Wildman–Crippen MR) is 44.1 cm³/mol. The van der Waals surface area contributed by atoms with Crippen molar-refractivity contribution in [2.75, 3.05) is 12.4 Å². The van der Waals surface area contributed by atoms with Crippen molar-refractivity contribution in [3.8, 4) is 0 Å². The van der Waals surface area contributed by atoms with Gasteiger partial charge >= 0.3 is 6.18 Å². The van der Waals surface area contributed by atoms with Gasteiger partial charge in [-0.15, -0.1) is 11.6 Å². The van der Waals surface area contributed by atoms with Crippen LogP contribution in [-0.2, 0) is 4.79 Å². The van der Waals surface area contributed by atoms with Gasteiger partial charge in [-0.05, 0) is 0 Å². The third-order valence-electron chi connectivity index (χ3n) is 2.00. The van der Waals surface area contributed by atoms with Gasteiger partial charge in [0.1, 0.15) is 0 Å². The maximum absolute atomic E-state index is 12.4. The first-order valence-corrected chi connectivity index (χ1v) is 4.49. The van der Waals surface area contributed by atoms with Crippen LogP contribution in [0.1, 0.15) is 0 Å². The highest BCUT2D eigenvalue weighted by Gasteiger charge is 2.66. The second-order valence-corrected chi connectivity index (χ2v) is 3.68. The van der Waals surface area contributed by atoms with E-state index in [1.165, 1.54) is 0 Å². The molecule has 1 rings (SSSR count). The van der Waals surface area contributed by atoms with Crippen molar-refractivity contribution < 1.29 is 27.1 Å². The SMILES string of the molecule is FF.O=C1NCC(CCl)C1(Cl)C(F)(F)F. The topological polar surface area (TPSA) is 29.1 Å². The molecule has 0 aromatic carbocycles. The Hall–Kier alpha value is -0.300. The third-order valence-corrected chi connectivity index (χ3v) is 3.07. The van der Waals surface area contributed by atoms with Crippen LogP contribution in [0.25, 0.3) is 0 Å². The molecular formula is C6H6Cl2F5NO. The monoisotopic (exact) mass is 273 g/mol. The summed E-state index contributed by atoms with van der Waals surface area (Å²) >= 11 is 10.5. The summed E-state index contributed by atoms with van der Waals surface area (Å²) in [7, 11) is 0. The van der Waals surface area contributed by atoms with Crippen molar-refractivity contribution in [1.29, 1.82) is 0 Å². The Balaban J connectivity index is 0.000000921. The molecule has 1 aliphatic rings. The minimum Gasteiger partial charge on any atom is -0.354 e. The lowest BCUT2D eigenvalue weighted by Crippen LogP contribution is -2.50. The Morgan fingerprint density at radius 2 is 1.93 bits per heavy atom. The van der Waals surface area contributed by atoms with E-state index in [-0.39, 0.29) is 12.4 Å². The maximum Gasteiger partial charge on any atom is 0.416 e. The van der Waals surface area contributed by atoms with E-state index < -0.39 is 22.9 Å². The minimum absolute atomic E-state index is 0.134. The van der Waals surface area contributed by atoms with E-state index in [4.69, 9.17) is 32.4 Å². The largest absolute Gasteiger partial charge is 0.416 e. The molecule has 0 spiro atoms. The Bertz CT molecular complexity index is 236. The van der Waals surface area contributed by atoms with Crippen LogP contribution in [0.2, 0.25) is 0 Å². The first-order valence-electron chi connectivity index (χ1n) is 3.58. The van der Waals surface area contributed by atoms with Gasteiger partial charge in [0.2, 0.25) is 4.87 Å². The molecular weight excluding hydrogens is 268 g/mol. The van der Waals surface area contributed by atoms with E-state index in [9.17, 15) is 18.0 Å². The Morgan fingerprint density at radius 3 is 2.20 bits per heavy atom. The van der Waals surface area contributed by atoms with Crippen LogP contribution >= 0.6 is 23.2 Å². The van der Waals surface area contributed by atoms with Crippen molar-refractivity contribution in [2.24, 2.45) is 5.92 Å². The number of halogens is 7. The van der Waals surface area contributed by atoms with Crippen LogP contribution in [0.3, 0.4) is 0 Å². The van der Waals surface area contributed by atoms with Gasteiger partial charge < -0.3 is 5.32 Å². The average molecular weight is 274 g/mol. The molecule has 90 valence electrons. The standard InChI is InChI=1S/C6H6Cl2F3NO.F2/c7-1-3-2-12-4(13)5(3,8)6(9,10)11;1-2/h3H,1-2H2,(H,12,13);. The van der Waals surface area contributed by atoms with Crippen LogP contribution < -0.4 is 5.32 Å². The molecule has 2 nitrogen and oxygen atoms in total. The summed E-state index contributed by atoms with van der Waals surface area (Å²) in [6, 6.07) is 0. The van der Waals surface area contributed by atoms with Gasteiger partial charge in [0.05, 0.1) is 0 Å². The molecule has 0 saturated carbocycles. The summed E-state index contributed by atoms with van der Waals surface area (Å²) in [6.07, 6.45) is -4.77. The van der Waals surface area contributed by atoms with Gasteiger partial charge in [-0.1, -0.05) is 11.6 Å². The highest BCUT2D eigenvalue weighted by atomic mass is 35.5. The van der Waals surface area contributed by atoms with E-state index in [1.54, 1.807) is 0 Å². The summed E-state index contributed by atoms with van der Waals surface area (Å²) < 4.78 is 53.1. The van der Waals surface area contributed by atoms with Crippen molar-refractivity contribution in [2.45, 2.75) is 11.1 Å². The van der Waals surface area contributed by atoms with E-state index in [0.29, 0.717) is 0 Å². The smallest absolute Gasteiger partial charge is 0.354 e. The Morgan fingerprint density at radius 1 is 1.47 bits per heavy atom. The molecule has 15 heavy (non-hydrogen) atoms. The highest BCUT2D eigenvalue weighted by Crippen LogP contribution is 2.45. The van der Waals surface area contributed by atoms with Crippen LogP contribution in [0, 0.1) is 5.92 Å². The van der Waals surface area contributed by atoms with Gasteiger partial charge in [-0.3, -0.25) is 4.79 Å². The zero-order chi connectivity index (χ0) is 12.3. The number of rotatable bonds is 1. The molecule has 1 aliphatic heterocycles. The number of hydrogen-bond donors (Lipinski definition) is 1. The summed E-state index contributed by atoms with van der Waals surface area (Å²) in [6.45, 7) is -0.134. The molecule has 1 N–H and O–H groups in total. The number of hydrogen-bond acceptors (Lipinski definition) is 1. The first kappa shape index (κ1) is 14.7. The summed E-state index contributed by atoms with van der Waals surface area (Å²) in [5, 5.41) is 2.04. The number of carbonyl (C=O) groups is 1. The number of nitrogens with one attached hydrogen (secondary N) is 1. The first-order chi connectivity index (χ1) is 6.84. The van der Waals surface area contributed by atoms with Gasteiger partial charge in [0.15, 0.2) is 0 Å². The number of amides is 1. The fraction of sp³-hybridized carbons (Fsp3) is 0.833. The number of carbonyl (C=O) groups excluding carboxylic acids is 1. The second-order valence-electron chi connectivity index (χ2n) is 2.77. The van der Waals surface area contributed by atoms with E-state index in [2.05, 4.69) is 0 Å². The zero-order valence-corrected chi connectivity index (χ0v) is 8.56. The molecule has 9 heteroatoms. The molecule has 2 unspecified atom stereocenters. The van der Waals surface area contributed by atoms with Crippen molar-refractivity contribution >= 4 is 29.1 Å². The molecule has 1 amide bonds. The maximum atomic E-state index is 12.4. The van der Waals surface area contributed by atoms with Crippen LogP contribution in [0.4, 0.5) is 22.3 Å². The lowest BCUT2D eigenvalue weighted by Gasteiger charge is -2.26. The second kappa shape index (κ2) is 5.16. The molecule has 0 aliphatic carbocycles. The molecule has 1 saturated heterocycles. The van der Waals surface area contributed by atoms with Crippen molar-refractivity contribution in [3.63, 3.8) is 0 Å². The van der Waals surface area contributed by atoms with E-state index in [1.807, 2.05) is 5.32 Å². The van der Waals surface area contributed by atoms with E-state index in [0.717, 1.165) is 0 Å². The van der Waals surface area contributed by atoms with Gasteiger partial charge in [-0.25, -0.2) is 0 Å². The summed E-state index contributed by atoms with van der Waals surface area (Å²) in [4.78, 5) is 8.04. The molecule has 0 radical (unpaired) electrons. The summed E-state index contributed by atoms with van der Waals surface area (Å²) in [5.41, 5.74) is 0. The molecule has 0 aromatic rings. The van der Waals surface area contributed by atoms with Crippen molar-refractivity contribution in [3.05, 3.63) is 0 Å². The highest BCUT2D eigenvalue weighted by molar-refractivity contribution is 6.37. The average Bonchev–Trinajstić information content (AvgIpc) is 2.47. The summed E-state index contributed by atoms with van der Waals surface area (Å²) in [5.74, 6) is -2.63. The predicted octanol–water partition coefficient (Wildman–Crippen LogP) is 2.35. The zero-order valence-electron chi connectivity index (χ0n) is 7.05. The van der Waals surface area contributed by atoms with Crippen LogP contribution in [-0.4, -0.2) is 29.4 Å². The Labute approximate surface area is 91.6 Å². The fourth-order valence-electron chi connectivity index (χ4n) is 1.19. The molecule has 1 heterocycles. The fourth-order valence-corrected chi connectivity index (χ4v) is 1.83. The normalized spacial score (nSPS) is 30.6. The van der Waals surface area contributed by atoms with Gasteiger partial charge in [-0.2, -0.15) is 13.2 Å². The van der Waals surface area contributed by atoms with Gasteiger partial charge in [0, 0.05) is 27.5 Å². The quantitative estimate of drug-likeness (QED) is 0.577. The third kappa shape index (κ3) is 2.44. The number of alkyl halides is 5. The van der Waals surface area contributed by atoms with Crippen molar-refractivity contribution in [1.82, 2.24) is 5.32 Å². The lowest BCUT2D eigenvalue weighted by molar-refractivity contribution is -0.174. The van der Waals surface area contributed by atoms with Crippen LogP contribution in [0.15, 0.2) is 0 Å². The lowest BCUT2D eigenvalue weighted by atomic mass is 9.96. The molecule has 0 bridgehead atoms.